The molecule has 2 rings (SSSR count). The van der Waals surface area contributed by atoms with Crippen LogP contribution in [0.1, 0.15) is 39.5 Å². The van der Waals surface area contributed by atoms with E-state index in [1.54, 1.807) is 0 Å². The van der Waals surface area contributed by atoms with Crippen LogP contribution in [0.3, 0.4) is 0 Å². The molecule has 2 aliphatic rings. The van der Waals surface area contributed by atoms with Crippen molar-refractivity contribution < 1.29 is 14.6 Å². The van der Waals surface area contributed by atoms with E-state index < -0.39 is 11.0 Å². The normalized spacial score (nSPS) is 43.6. The minimum absolute atomic E-state index is 0.0246. The number of Topliss-reactive ketones (excluding diaryl/α,β-unsaturated/α-hetero) is 1. The van der Waals surface area contributed by atoms with Crippen molar-refractivity contribution in [3.8, 4) is 0 Å². The van der Waals surface area contributed by atoms with E-state index in [9.17, 15) is 9.90 Å². The molecule has 0 radical (unpaired) electrons. The maximum Gasteiger partial charge on any atom is 0.198 e. The number of rotatable bonds is 1. The largest absolute Gasteiger partial charge is 0.493 e. The first-order valence-corrected chi connectivity index (χ1v) is 5.95. The van der Waals surface area contributed by atoms with Gasteiger partial charge in [0, 0.05) is 11.8 Å². The van der Waals surface area contributed by atoms with Gasteiger partial charge in [-0.05, 0) is 31.8 Å². The zero-order valence-electron chi connectivity index (χ0n) is 10.2. The van der Waals surface area contributed by atoms with Crippen molar-refractivity contribution in [2.24, 2.45) is 11.3 Å². The summed E-state index contributed by atoms with van der Waals surface area (Å²) in [6, 6.07) is 0. The van der Waals surface area contributed by atoms with Crippen molar-refractivity contribution >= 4 is 5.78 Å². The average molecular weight is 224 g/mol. The van der Waals surface area contributed by atoms with Gasteiger partial charge in [0.1, 0.15) is 0 Å². The maximum absolute atomic E-state index is 11.8. The Kier molecular flexibility index (Phi) is 2.61. The molecule has 1 N–H and O–H groups in total. The first-order valence-electron chi connectivity index (χ1n) is 5.95. The number of carbonyl (C=O) groups excluding carboxylic acids is 1. The molecule has 1 unspecified atom stereocenters. The number of methoxy groups -OCH3 is 1. The Labute approximate surface area is 96.5 Å². The topological polar surface area (TPSA) is 46.5 Å². The summed E-state index contributed by atoms with van der Waals surface area (Å²) in [6.07, 6.45) is 5.12. The van der Waals surface area contributed by atoms with Crippen LogP contribution in [-0.2, 0) is 9.53 Å². The quantitative estimate of drug-likeness (QED) is 0.741. The zero-order valence-corrected chi connectivity index (χ0v) is 10.2. The van der Waals surface area contributed by atoms with E-state index >= 15 is 0 Å². The number of hydrogen-bond donors (Lipinski definition) is 1. The number of hydrogen-bond acceptors (Lipinski definition) is 3. The van der Waals surface area contributed by atoms with E-state index in [-0.39, 0.29) is 5.78 Å². The Hall–Kier alpha value is -0.830. The molecule has 16 heavy (non-hydrogen) atoms. The highest BCUT2D eigenvalue weighted by atomic mass is 16.5. The Morgan fingerprint density at radius 1 is 1.56 bits per heavy atom. The Morgan fingerprint density at radius 2 is 2.25 bits per heavy atom. The van der Waals surface area contributed by atoms with E-state index in [4.69, 9.17) is 4.74 Å². The van der Waals surface area contributed by atoms with Gasteiger partial charge in [-0.25, -0.2) is 0 Å². The molecule has 1 fully saturated rings. The molecule has 2 aliphatic carbocycles. The van der Waals surface area contributed by atoms with Crippen molar-refractivity contribution in [2.75, 3.05) is 7.11 Å². The lowest BCUT2D eigenvalue weighted by atomic mass is 9.58. The van der Waals surface area contributed by atoms with Gasteiger partial charge >= 0.3 is 0 Å². The molecule has 0 aromatic carbocycles. The van der Waals surface area contributed by atoms with Gasteiger partial charge in [0.25, 0.3) is 0 Å². The van der Waals surface area contributed by atoms with Gasteiger partial charge < -0.3 is 9.84 Å². The van der Waals surface area contributed by atoms with Crippen molar-refractivity contribution in [3.05, 3.63) is 11.8 Å². The molecular formula is C13H20O3. The smallest absolute Gasteiger partial charge is 0.198 e. The molecule has 3 atom stereocenters. The van der Waals surface area contributed by atoms with Gasteiger partial charge in [0.15, 0.2) is 11.5 Å². The SMILES string of the molecule is COC1=CC2(CC1=O)[C@@H](C)CCC[C@]2(C)O. The van der Waals surface area contributed by atoms with Crippen LogP contribution in [0.15, 0.2) is 11.8 Å². The molecule has 1 saturated carbocycles. The summed E-state index contributed by atoms with van der Waals surface area (Å²) in [5, 5.41) is 10.6. The van der Waals surface area contributed by atoms with E-state index in [2.05, 4.69) is 6.92 Å². The monoisotopic (exact) mass is 224 g/mol. The lowest BCUT2D eigenvalue weighted by Crippen LogP contribution is -2.51. The fourth-order valence-electron chi connectivity index (χ4n) is 3.33. The summed E-state index contributed by atoms with van der Waals surface area (Å²) >= 11 is 0. The Balaban J connectivity index is 2.43. The zero-order chi connectivity index (χ0) is 12.0. The molecule has 1 spiro atoms. The van der Waals surface area contributed by atoms with E-state index in [0.717, 1.165) is 19.3 Å². The minimum Gasteiger partial charge on any atom is -0.493 e. The fraction of sp³-hybridized carbons (Fsp3) is 0.769. The lowest BCUT2D eigenvalue weighted by Gasteiger charge is -2.49. The molecule has 0 amide bonds. The molecular weight excluding hydrogens is 204 g/mol. The van der Waals surface area contributed by atoms with Crippen molar-refractivity contribution in [1.82, 2.24) is 0 Å². The standard InChI is InChI=1S/C13H20O3/c1-9-5-4-6-12(2,15)13(9)7-10(14)11(8-13)16-3/h8-9,15H,4-7H2,1-3H3/t9-,12-,13?/m0/s1. The number of allylic oxidation sites excluding steroid dienone is 1. The summed E-state index contributed by atoms with van der Waals surface area (Å²) in [4.78, 5) is 11.8. The Morgan fingerprint density at radius 3 is 2.75 bits per heavy atom. The van der Waals surface area contributed by atoms with Crippen molar-refractivity contribution in [1.29, 1.82) is 0 Å². The predicted octanol–water partition coefficient (Wildman–Crippen LogP) is 2.05. The van der Waals surface area contributed by atoms with Crippen LogP contribution < -0.4 is 0 Å². The molecule has 0 bridgehead atoms. The van der Waals surface area contributed by atoms with Crippen LogP contribution in [0.5, 0.6) is 0 Å². The second-order valence-corrected chi connectivity index (χ2v) is 5.42. The van der Waals surface area contributed by atoms with Gasteiger partial charge in [-0.3, -0.25) is 4.79 Å². The third-order valence-corrected chi connectivity index (χ3v) is 4.52. The highest BCUT2D eigenvalue weighted by Gasteiger charge is 2.55. The van der Waals surface area contributed by atoms with Gasteiger partial charge in [-0.2, -0.15) is 0 Å². The number of aliphatic hydroxyl groups is 1. The van der Waals surface area contributed by atoms with Crippen molar-refractivity contribution in [3.63, 3.8) is 0 Å². The van der Waals surface area contributed by atoms with E-state index in [1.165, 1.54) is 7.11 Å². The van der Waals surface area contributed by atoms with Gasteiger partial charge in [-0.1, -0.05) is 13.3 Å². The second-order valence-electron chi connectivity index (χ2n) is 5.42. The summed E-state index contributed by atoms with van der Waals surface area (Å²) in [5.74, 6) is 0.776. The molecule has 0 aromatic heterocycles. The third-order valence-electron chi connectivity index (χ3n) is 4.52. The second kappa shape index (κ2) is 3.59. The highest BCUT2D eigenvalue weighted by Crippen LogP contribution is 2.54. The fourth-order valence-corrected chi connectivity index (χ4v) is 3.33. The third kappa shape index (κ3) is 1.41. The number of ether oxygens (including phenoxy) is 1. The van der Waals surface area contributed by atoms with Crippen LogP contribution >= 0.6 is 0 Å². The maximum atomic E-state index is 11.8. The summed E-state index contributed by atoms with van der Waals surface area (Å²) in [6.45, 7) is 3.97. The summed E-state index contributed by atoms with van der Waals surface area (Å²) < 4.78 is 5.09. The van der Waals surface area contributed by atoms with Gasteiger partial charge in [-0.15, -0.1) is 0 Å². The molecule has 0 saturated heterocycles. The van der Waals surface area contributed by atoms with Gasteiger partial charge in [0.2, 0.25) is 0 Å². The first-order chi connectivity index (χ1) is 7.43. The van der Waals surface area contributed by atoms with Crippen LogP contribution in [0.25, 0.3) is 0 Å². The average Bonchev–Trinajstić information content (AvgIpc) is 2.54. The summed E-state index contributed by atoms with van der Waals surface area (Å²) in [7, 11) is 1.52. The minimum atomic E-state index is -0.791. The first kappa shape index (κ1) is 11.6. The number of ketones is 1. The van der Waals surface area contributed by atoms with Crippen LogP contribution in [0.2, 0.25) is 0 Å². The molecule has 3 nitrogen and oxygen atoms in total. The van der Waals surface area contributed by atoms with Crippen molar-refractivity contribution in [2.45, 2.75) is 45.1 Å². The molecule has 3 heteroatoms. The number of carbonyl (C=O) groups is 1. The van der Waals surface area contributed by atoms with Crippen LogP contribution in [-0.4, -0.2) is 23.6 Å². The Bertz CT molecular complexity index is 343. The molecule has 0 heterocycles. The van der Waals surface area contributed by atoms with E-state index in [0.29, 0.717) is 18.1 Å². The lowest BCUT2D eigenvalue weighted by molar-refractivity contribution is -0.129. The highest BCUT2D eigenvalue weighted by molar-refractivity contribution is 5.97. The van der Waals surface area contributed by atoms with Crippen LogP contribution in [0.4, 0.5) is 0 Å². The van der Waals surface area contributed by atoms with E-state index in [1.807, 2.05) is 13.0 Å². The molecule has 0 aromatic rings. The molecule has 0 aliphatic heterocycles. The summed E-state index contributed by atoms with van der Waals surface area (Å²) in [5.41, 5.74) is -1.20. The predicted molar refractivity (Wildman–Crippen MR) is 60.8 cm³/mol. The van der Waals surface area contributed by atoms with Crippen LogP contribution in [0, 0.1) is 11.3 Å². The van der Waals surface area contributed by atoms with Gasteiger partial charge in [0.05, 0.1) is 12.7 Å². The molecule has 90 valence electrons.